The van der Waals surface area contributed by atoms with E-state index in [0.29, 0.717) is 0 Å². The topological polar surface area (TPSA) is 109 Å². The van der Waals surface area contributed by atoms with Crippen molar-refractivity contribution < 1.29 is 29.4 Å². The van der Waals surface area contributed by atoms with E-state index in [0.717, 1.165) is 0 Å². The van der Waals surface area contributed by atoms with E-state index in [1.807, 2.05) is 0 Å². The highest BCUT2D eigenvalue weighted by atomic mass is 16.3. The molecule has 0 fully saturated rings. The number of carbonyl (C=O) groups excluding carboxylic acids is 4. The zero-order valence-corrected chi connectivity index (χ0v) is 7.84. The predicted molar refractivity (Wildman–Crippen MR) is 51.3 cm³/mol. The lowest BCUT2D eigenvalue weighted by molar-refractivity contribution is 0.107. The average molecular weight is 222 g/mol. The second-order valence-corrected chi connectivity index (χ2v) is 2.82. The summed E-state index contributed by atoms with van der Waals surface area (Å²) in [6.07, 6.45) is 0.470. The third-order valence-electron chi connectivity index (χ3n) is 2.07. The maximum Gasteiger partial charge on any atom is 0.157 e. The number of hydrogen-bond acceptors (Lipinski definition) is 6. The van der Waals surface area contributed by atoms with Crippen LogP contribution in [0.25, 0.3) is 0 Å². The van der Waals surface area contributed by atoms with E-state index in [4.69, 9.17) is 0 Å². The molecule has 0 spiro atoms. The van der Waals surface area contributed by atoms with E-state index in [-0.39, 0.29) is 25.1 Å². The van der Waals surface area contributed by atoms with Crippen LogP contribution in [0.5, 0.6) is 11.5 Å². The first-order valence-electron chi connectivity index (χ1n) is 4.04. The van der Waals surface area contributed by atoms with Gasteiger partial charge in [-0.05, 0) is 0 Å². The van der Waals surface area contributed by atoms with Gasteiger partial charge in [0.1, 0.15) is 11.5 Å². The van der Waals surface area contributed by atoms with Gasteiger partial charge in [-0.15, -0.1) is 0 Å². The second-order valence-electron chi connectivity index (χ2n) is 2.82. The Balaban J connectivity index is 3.88. The first kappa shape index (κ1) is 11.6. The van der Waals surface area contributed by atoms with Crippen LogP contribution in [0.1, 0.15) is 41.4 Å². The van der Waals surface area contributed by atoms with Crippen molar-refractivity contribution >= 4 is 25.1 Å². The number of hydrogen-bond donors (Lipinski definition) is 2. The zero-order chi connectivity index (χ0) is 12.3. The highest BCUT2D eigenvalue weighted by molar-refractivity contribution is 6.06. The molecule has 0 aliphatic rings. The lowest BCUT2D eigenvalue weighted by Crippen LogP contribution is -2.02. The Kier molecular flexibility index (Phi) is 3.14. The number of carbonyl (C=O) groups is 4. The third kappa shape index (κ3) is 1.46. The Labute approximate surface area is 89.1 Å². The van der Waals surface area contributed by atoms with Crippen LogP contribution in [0.3, 0.4) is 0 Å². The van der Waals surface area contributed by atoms with Gasteiger partial charge in [0, 0.05) is 5.56 Å². The van der Waals surface area contributed by atoms with Crippen molar-refractivity contribution in [3.05, 3.63) is 22.3 Å². The van der Waals surface area contributed by atoms with E-state index in [1.54, 1.807) is 0 Å². The van der Waals surface area contributed by atoms with Crippen LogP contribution in [0.15, 0.2) is 0 Å². The Hall–Kier alpha value is -2.50. The van der Waals surface area contributed by atoms with Gasteiger partial charge in [0.15, 0.2) is 25.1 Å². The predicted octanol–water partition coefficient (Wildman–Crippen LogP) is 0.348. The maximum atomic E-state index is 10.6. The molecule has 0 bridgehead atoms. The van der Waals surface area contributed by atoms with Gasteiger partial charge in [-0.2, -0.15) is 0 Å². The first-order chi connectivity index (χ1) is 7.62. The van der Waals surface area contributed by atoms with Crippen molar-refractivity contribution in [3.8, 4) is 11.5 Å². The van der Waals surface area contributed by atoms with Gasteiger partial charge in [0.25, 0.3) is 0 Å². The SMILES string of the molecule is O=Cc1c(O)c(C=O)c(C=O)c(C=O)c1O. The van der Waals surface area contributed by atoms with Crippen LogP contribution in [-0.2, 0) is 0 Å². The largest absolute Gasteiger partial charge is 0.506 e. The van der Waals surface area contributed by atoms with E-state index in [1.165, 1.54) is 0 Å². The van der Waals surface area contributed by atoms with Gasteiger partial charge in [-0.3, -0.25) is 19.2 Å². The molecule has 82 valence electrons. The molecule has 0 amide bonds. The average Bonchev–Trinajstić information content (AvgIpc) is 2.29. The number of phenolic OH excluding ortho intramolecular Hbond substituents is 2. The summed E-state index contributed by atoms with van der Waals surface area (Å²) in [5, 5.41) is 18.8. The lowest BCUT2D eigenvalue weighted by Gasteiger charge is -2.09. The highest BCUT2D eigenvalue weighted by Crippen LogP contribution is 2.34. The van der Waals surface area contributed by atoms with Crippen LogP contribution in [-0.4, -0.2) is 35.4 Å². The molecule has 0 atom stereocenters. The minimum Gasteiger partial charge on any atom is -0.506 e. The molecule has 0 unspecified atom stereocenters. The summed E-state index contributed by atoms with van der Waals surface area (Å²) < 4.78 is 0. The van der Waals surface area contributed by atoms with Gasteiger partial charge in [-0.25, -0.2) is 0 Å². The standard InChI is InChI=1S/C10H6O6/c11-1-5-6(2-12)9(15)8(4-14)10(16)7(5)3-13/h1-4,15-16H. The number of rotatable bonds is 4. The molecule has 0 saturated carbocycles. The van der Waals surface area contributed by atoms with E-state index in [9.17, 15) is 29.4 Å². The third-order valence-corrected chi connectivity index (χ3v) is 2.07. The molecule has 16 heavy (non-hydrogen) atoms. The molecule has 1 aromatic rings. The summed E-state index contributed by atoms with van der Waals surface area (Å²) in [5.41, 5.74) is -2.06. The Morgan fingerprint density at radius 1 is 0.562 bits per heavy atom. The molecule has 1 aromatic carbocycles. The quantitative estimate of drug-likeness (QED) is 0.711. The molecular formula is C10H6O6. The van der Waals surface area contributed by atoms with Crippen LogP contribution < -0.4 is 0 Å². The van der Waals surface area contributed by atoms with Crippen LogP contribution in [0.4, 0.5) is 0 Å². The van der Waals surface area contributed by atoms with Crippen LogP contribution >= 0.6 is 0 Å². The van der Waals surface area contributed by atoms with Crippen molar-refractivity contribution in [1.29, 1.82) is 0 Å². The molecule has 0 aromatic heterocycles. The molecule has 0 aliphatic carbocycles. The lowest BCUT2D eigenvalue weighted by atomic mass is 9.97. The molecule has 0 heterocycles. The van der Waals surface area contributed by atoms with Gasteiger partial charge in [0.2, 0.25) is 0 Å². The summed E-state index contributed by atoms with van der Waals surface area (Å²) >= 11 is 0. The molecule has 0 saturated heterocycles. The summed E-state index contributed by atoms with van der Waals surface area (Å²) in [4.78, 5) is 42.4. The maximum absolute atomic E-state index is 10.6. The normalized spacial score (nSPS) is 9.50. The van der Waals surface area contributed by atoms with E-state index >= 15 is 0 Å². The fraction of sp³-hybridized carbons (Fsp3) is 0. The Morgan fingerprint density at radius 2 is 0.875 bits per heavy atom. The summed E-state index contributed by atoms with van der Waals surface area (Å²) in [6, 6.07) is 0. The summed E-state index contributed by atoms with van der Waals surface area (Å²) in [6.45, 7) is 0. The molecule has 6 heteroatoms. The van der Waals surface area contributed by atoms with Crippen molar-refractivity contribution in [1.82, 2.24) is 0 Å². The molecule has 2 N–H and O–H groups in total. The monoisotopic (exact) mass is 222 g/mol. The van der Waals surface area contributed by atoms with Crippen molar-refractivity contribution in [3.63, 3.8) is 0 Å². The number of aromatic hydroxyl groups is 2. The summed E-state index contributed by atoms with van der Waals surface area (Å²) in [5.74, 6) is -1.65. The summed E-state index contributed by atoms with van der Waals surface area (Å²) in [7, 11) is 0. The van der Waals surface area contributed by atoms with Crippen molar-refractivity contribution in [2.75, 3.05) is 0 Å². The smallest absolute Gasteiger partial charge is 0.157 e. The van der Waals surface area contributed by atoms with Gasteiger partial charge in [0.05, 0.1) is 16.7 Å². The van der Waals surface area contributed by atoms with Gasteiger partial charge < -0.3 is 10.2 Å². The minimum atomic E-state index is -0.824. The fourth-order valence-electron chi connectivity index (χ4n) is 1.28. The van der Waals surface area contributed by atoms with Crippen LogP contribution in [0, 0.1) is 0 Å². The van der Waals surface area contributed by atoms with Gasteiger partial charge >= 0.3 is 0 Å². The molecule has 6 nitrogen and oxygen atoms in total. The van der Waals surface area contributed by atoms with Crippen molar-refractivity contribution in [2.45, 2.75) is 0 Å². The van der Waals surface area contributed by atoms with Crippen LogP contribution in [0.2, 0.25) is 0 Å². The number of phenols is 2. The fourth-order valence-corrected chi connectivity index (χ4v) is 1.28. The highest BCUT2D eigenvalue weighted by Gasteiger charge is 2.22. The molecule has 0 radical (unpaired) electrons. The molecule has 1 rings (SSSR count). The van der Waals surface area contributed by atoms with E-state index < -0.39 is 33.8 Å². The zero-order valence-electron chi connectivity index (χ0n) is 7.84. The first-order valence-corrected chi connectivity index (χ1v) is 4.04. The number of aldehydes is 4. The van der Waals surface area contributed by atoms with Crippen molar-refractivity contribution in [2.24, 2.45) is 0 Å². The van der Waals surface area contributed by atoms with Gasteiger partial charge in [-0.1, -0.05) is 0 Å². The Morgan fingerprint density at radius 3 is 1.12 bits per heavy atom. The molecular weight excluding hydrogens is 216 g/mol. The Bertz CT molecular complexity index is 454. The van der Waals surface area contributed by atoms with E-state index in [2.05, 4.69) is 0 Å². The second kappa shape index (κ2) is 4.35. The molecule has 0 aliphatic heterocycles. The number of benzene rings is 1. The minimum absolute atomic E-state index is 0.0826.